The van der Waals surface area contributed by atoms with E-state index in [0.29, 0.717) is 35.8 Å². The Morgan fingerprint density at radius 2 is 2.14 bits per heavy atom. The molecule has 148 valence electrons. The number of nitrogens with zero attached hydrogens (tertiary/aromatic N) is 3. The quantitative estimate of drug-likeness (QED) is 0.518. The zero-order valence-electron chi connectivity index (χ0n) is 15.4. The molecule has 0 atom stereocenters. The van der Waals surface area contributed by atoms with Gasteiger partial charge in [-0.2, -0.15) is 0 Å². The molecule has 9 nitrogen and oxygen atoms in total. The molecular weight excluding hydrogens is 396 g/mol. The van der Waals surface area contributed by atoms with Crippen molar-refractivity contribution in [1.82, 2.24) is 9.88 Å². The first-order valence-electron chi connectivity index (χ1n) is 8.80. The van der Waals surface area contributed by atoms with Crippen LogP contribution in [-0.4, -0.2) is 33.2 Å². The van der Waals surface area contributed by atoms with E-state index in [1.165, 1.54) is 29.7 Å². The summed E-state index contributed by atoms with van der Waals surface area (Å²) in [5, 5.41) is 14.3. The smallest absolute Gasteiger partial charge is 0.293 e. The predicted octanol–water partition coefficient (Wildman–Crippen LogP) is 3.40. The van der Waals surface area contributed by atoms with E-state index >= 15 is 0 Å². The van der Waals surface area contributed by atoms with Gasteiger partial charge in [-0.15, -0.1) is 0 Å². The van der Waals surface area contributed by atoms with Crippen LogP contribution in [0.15, 0.2) is 41.0 Å². The second-order valence-electron chi connectivity index (χ2n) is 6.50. The van der Waals surface area contributed by atoms with Gasteiger partial charge in [-0.1, -0.05) is 17.4 Å². The van der Waals surface area contributed by atoms with Crippen LogP contribution in [0.5, 0.6) is 0 Å². The lowest BCUT2D eigenvalue weighted by Gasteiger charge is -2.26. The summed E-state index contributed by atoms with van der Waals surface area (Å²) in [5.41, 5.74) is 1.43. The van der Waals surface area contributed by atoms with Gasteiger partial charge in [0.1, 0.15) is 0 Å². The number of nitro benzene ring substituents is 1. The average molecular weight is 412 g/mol. The molecule has 0 bridgehead atoms. The maximum Gasteiger partial charge on any atom is 0.293 e. The minimum atomic E-state index is -0.489. The molecule has 0 aliphatic carbocycles. The van der Waals surface area contributed by atoms with Crippen LogP contribution in [0.1, 0.15) is 37.0 Å². The van der Waals surface area contributed by atoms with E-state index in [2.05, 4.69) is 10.3 Å². The molecule has 3 aromatic rings. The maximum absolute atomic E-state index is 13.0. The zero-order chi connectivity index (χ0) is 20.5. The number of nitro groups is 1. The molecule has 29 heavy (non-hydrogen) atoms. The second kappa shape index (κ2) is 7.47. The Morgan fingerprint density at radius 1 is 1.31 bits per heavy atom. The molecule has 4 rings (SSSR count). The summed E-state index contributed by atoms with van der Waals surface area (Å²) in [7, 11) is 0. The minimum Gasteiger partial charge on any atom is -0.459 e. The fourth-order valence-electron chi connectivity index (χ4n) is 3.21. The highest BCUT2D eigenvalue weighted by molar-refractivity contribution is 7.15. The summed E-state index contributed by atoms with van der Waals surface area (Å²) >= 11 is 1.30. The van der Waals surface area contributed by atoms with Gasteiger partial charge in [-0.05, 0) is 25.1 Å². The Hall–Kier alpha value is -3.53. The number of nitrogens with one attached hydrogen (secondary N) is 1. The van der Waals surface area contributed by atoms with E-state index < -0.39 is 4.92 Å². The Morgan fingerprint density at radius 3 is 2.86 bits per heavy atom. The lowest BCUT2D eigenvalue weighted by atomic mass is 10.0. The van der Waals surface area contributed by atoms with Crippen LogP contribution in [0.2, 0.25) is 0 Å². The first-order chi connectivity index (χ1) is 13.9. The van der Waals surface area contributed by atoms with E-state index in [1.54, 1.807) is 30.0 Å². The predicted molar refractivity (Wildman–Crippen MR) is 105 cm³/mol. The van der Waals surface area contributed by atoms with Crippen LogP contribution >= 0.6 is 11.3 Å². The largest absolute Gasteiger partial charge is 0.459 e. The summed E-state index contributed by atoms with van der Waals surface area (Å²) in [6, 6.07) is 7.69. The lowest BCUT2D eigenvalue weighted by molar-refractivity contribution is -0.385. The molecule has 0 saturated heterocycles. The first-order valence-corrected chi connectivity index (χ1v) is 9.62. The highest BCUT2D eigenvalue weighted by Gasteiger charge is 2.28. The number of carbonyl (C=O) groups excluding carboxylic acids is 2. The molecule has 0 radical (unpaired) electrons. The SMILES string of the molecule is Cc1c(C(=O)N2CCc3nc(NC(=O)c4ccco4)sc3C2)cccc1[N+](=O)[O-]. The number of hydrogen-bond acceptors (Lipinski definition) is 7. The fourth-order valence-corrected chi connectivity index (χ4v) is 4.23. The van der Waals surface area contributed by atoms with Gasteiger partial charge < -0.3 is 9.32 Å². The van der Waals surface area contributed by atoms with Gasteiger partial charge in [0.2, 0.25) is 0 Å². The minimum absolute atomic E-state index is 0.0748. The number of aromatic nitrogens is 1. The number of benzene rings is 1. The van der Waals surface area contributed by atoms with Gasteiger partial charge >= 0.3 is 0 Å². The van der Waals surface area contributed by atoms with E-state index in [4.69, 9.17) is 4.42 Å². The third-order valence-electron chi connectivity index (χ3n) is 4.72. The Balaban J connectivity index is 1.51. The van der Waals surface area contributed by atoms with Gasteiger partial charge in [0.15, 0.2) is 10.9 Å². The third kappa shape index (κ3) is 3.61. The van der Waals surface area contributed by atoms with Gasteiger partial charge in [0.05, 0.1) is 23.4 Å². The third-order valence-corrected chi connectivity index (χ3v) is 5.71. The molecule has 2 amide bonds. The van der Waals surface area contributed by atoms with Crippen molar-refractivity contribution >= 4 is 34.0 Å². The fraction of sp³-hybridized carbons (Fsp3) is 0.211. The molecule has 1 aliphatic heterocycles. The zero-order valence-corrected chi connectivity index (χ0v) is 16.2. The summed E-state index contributed by atoms with van der Waals surface area (Å²) in [4.78, 5) is 42.7. The van der Waals surface area contributed by atoms with Gasteiger partial charge in [0, 0.05) is 35.0 Å². The molecule has 0 unspecified atom stereocenters. The van der Waals surface area contributed by atoms with Crippen LogP contribution in [0.25, 0.3) is 0 Å². The van der Waals surface area contributed by atoms with Crippen LogP contribution in [0.4, 0.5) is 10.8 Å². The van der Waals surface area contributed by atoms with Gasteiger partial charge in [-0.3, -0.25) is 25.0 Å². The van der Waals surface area contributed by atoms with E-state index in [-0.39, 0.29) is 23.3 Å². The highest BCUT2D eigenvalue weighted by Crippen LogP contribution is 2.30. The summed E-state index contributed by atoms with van der Waals surface area (Å²) < 4.78 is 5.07. The Bertz CT molecular complexity index is 1110. The maximum atomic E-state index is 13.0. The summed E-state index contributed by atoms with van der Waals surface area (Å²) in [5.74, 6) is -0.455. The van der Waals surface area contributed by atoms with Crippen molar-refractivity contribution in [2.45, 2.75) is 19.9 Å². The van der Waals surface area contributed by atoms with Gasteiger partial charge in [0.25, 0.3) is 17.5 Å². The summed E-state index contributed by atoms with van der Waals surface area (Å²) in [6.45, 7) is 2.36. The van der Waals surface area contributed by atoms with Crippen LogP contribution in [-0.2, 0) is 13.0 Å². The monoisotopic (exact) mass is 412 g/mol. The average Bonchev–Trinajstić information content (AvgIpc) is 3.36. The second-order valence-corrected chi connectivity index (χ2v) is 7.59. The first kappa shape index (κ1) is 18.8. The Kier molecular flexibility index (Phi) is 4.85. The van der Waals surface area contributed by atoms with E-state index in [1.807, 2.05) is 0 Å². The van der Waals surface area contributed by atoms with Crippen molar-refractivity contribution < 1.29 is 18.9 Å². The standard InChI is InChI=1S/C19H16N4O5S/c1-11-12(4-2-5-14(11)23(26)27)18(25)22-8-7-13-16(10-22)29-19(20-13)21-17(24)15-6-3-9-28-15/h2-6,9H,7-8,10H2,1H3,(H,20,21,24). The number of furan rings is 1. The molecule has 10 heteroatoms. The van der Waals surface area contributed by atoms with Crippen LogP contribution in [0.3, 0.4) is 0 Å². The number of rotatable bonds is 4. The molecule has 2 aromatic heterocycles. The van der Waals surface area contributed by atoms with Crippen molar-refractivity contribution in [1.29, 1.82) is 0 Å². The lowest BCUT2D eigenvalue weighted by Crippen LogP contribution is -2.35. The Labute approximate surface area is 169 Å². The van der Waals surface area contributed by atoms with Crippen molar-refractivity contribution in [3.05, 3.63) is 74.2 Å². The molecular formula is C19H16N4O5S. The van der Waals surface area contributed by atoms with E-state index in [0.717, 1.165) is 10.6 Å². The van der Waals surface area contributed by atoms with Crippen LogP contribution in [0, 0.1) is 17.0 Å². The molecule has 0 saturated carbocycles. The summed E-state index contributed by atoms with van der Waals surface area (Å²) in [6.07, 6.45) is 1.96. The van der Waals surface area contributed by atoms with Crippen molar-refractivity contribution in [2.75, 3.05) is 11.9 Å². The molecule has 0 spiro atoms. The highest BCUT2D eigenvalue weighted by atomic mass is 32.1. The van der Waals surface area contributed by atoms with Crippen molar-refractivity contribution in [3.63, 3.8) is 0 Å². The number of carbonyl (C=O) groups is 2. The molecule has 0 fully saturated rings. The normalized spacial score (nSPS) is 13.1. The molecule has 1 N–H and O–H groups in total. The number of hydrogen-bond donors (Lipinski definition) is 1. The van der Waals surface area contributed by atoms with E-state index in [9.17, 15) is 19.7 Å². The number of thiazole rings is 1. The van der Waals surface area contributed by atoms with Crippen molar-refractivity contribution in [2.24, 2.45) is 0 Å². The molecule has 1 aliphatic rings. The van der Waals surface area contributed by atoms with Crippen LogP contribution < -0.4 is 5.32 Å². The van der Waals surface area contributed by atoms with Crippen molar-refractivity contribution in [3.8, 4) is 0 Å². The van der Waals surface area contributed by atoms with Gasteiger partial charge in [-0.25, -0.2) is 4.98 Å². The number of anilines is 1. The number of amides is 2. The molecule has 1 aromatic carbocycles. The molecule has 3 heterocycles. The number of fused-ring (bicyclic) bond motifs is 1. The topological polar surface area (TPSA) is 119 Å².